The highest BCUT2D eigenvalue weighted by Gasteiger charge is 2.34. The maximum atomic E-state index is 12.9. The van der Waals surface area contributed by atoms with Crippen LogP contribution in [0.1, 0.15) is 0 Å². The van der Waals surface area contributed by atoms with Crippen LogP contribution in [0.15, 0.2) is 48.5 Å². The fraction of sp³-hybridized carbons (Fsp3) is 0. The third-order valence-electron chi connectivity index (χ3n) is 4.58. The third kappa shape index (κ3) is 1.68. The summed E-state index contributed by atoms with van der Waals surface area (Å²) in [6.45, 7) is 0. The molecule has 2 aromatic carbocycles. The first-order chi connectivity index (χ1) is 13.4. The molecule has 0 radical (unpaired) electrons. The molecule has 2 aliphatic rings. The Balaban J connectivity index is 2.30. The Bertz CT molecular complexity index is 1720. The van der Waals surface area contributed by atoms with Gasteiger partial charge < -0.3 is 15.6 Å². The van der Waals surface area contributed by atoms with Crippen molar-refractivity contribution in [2.24, 2.45) is 0 Å². The van der Waals surface area contributed by atoms with E-state index >= 15 is 0 Å². The number of fused-ring (bicyclic) bond motifs is 3. The van der Waals surface area contributed by atoms with Crippen molar-refractivity contribution in [1.82, 2.24) is 14.2 Å². The molecule has 0 bridgehead atoms. The zero-order valence-electron chi connectivity index (χ0n) is 13.8. The maximum absolute atomic E-state index is 12.9. The molecule has 0 N–H and O–H groups in total. The smallest absolute Gasteiger partial charge is 0.512 e. The first-order valence-electron chi connectivity index (χ1n) is 7.93. The van der Waals surface area contributed by atoms with Gasteiger partial charge in [-0.2, -0.15) is 4.73 Å². The third-order valence-corrected chi connectivity index (χ3v) is 4.58. The van der Waals surface area contributed by atoms with Gasteiger partial charge in [0, 0.05) is 10.5 Å². The lowest BCUT2D eigenvalue weighted by atomic mass is 10.3. The van der Waals surface area contributed by atoms with E-state index in [2.05, 4.69) is 0 Å². The summed E-state index contributed by atoms with van der Waals surface area (Å²) in [6, 6.07) is 11.0. The lowest BCUT2D eigenvalue weighted by Crippen LogP contribution is -2.42. The van der Waals surface area contributed by atoms with Crippen molar-refractivity contribution in [2.45, 2.75) is 0 Å². The molecule has 0 unspecified atom stereocenters. The SMILES string of the molecule is O=[n+]1c2n([O-])c3ccccc3n([O-])c=2[n+](=O)c2c1n([O-])c1ccccc1[n+]2=O. The molecule has 138 valence electrons. The summed E-state index contributed by atoms with van der Waals surface area (Å²) in [6.07, 6.45) is 0. The van der Waals surface area contributed by atoms with Crippen LogP contribution < -0.4 is 13.3 Å². The van der Waals surface area contributed by atoms with Gasteiger partial charge in [0.05, 0.1) is 4.43 Å². The molecule has 0 saturated carbocycles. The van der Waals surface area contributed by atoms with Crippen LogP contribution in [0.4, 0.5) is 0 Å². The Morgan fingerprint density at radius 2 is 1.11 bits per heavy atom. The summed E-state index contributed by atoms with van der Waals surface area (Å²) in [7, 11) is 0. The molecular weight excluding hydrogens is 372 g/mol. The summed E-state index contributed by atoms with van der Waals surface area (Å²) < 4.78 is 0.0183. The Morgan fingerprint density at radius 3 is 1.71 bits per heavy atom. The molecule has 0 saturated heterocycles. The fourth-order valence-corrected chi connectivity index (χ4v) is 3.33. The van der Waals surface area contributed by atoms with Gasteiger partial charge >= 0.3 is 22.3 Å². The second kappa shape index (κ2) is 5.03. The van der Waals surface area contributed by atoms with E-state index in [-0.39, 0.29) is 49.5 Å². The Hall–Kier alpha value is -4.48. The molecule has 12 heteroatoms. The minimum absolute atomic E-state index is 0.0875. The van der Waals surface area contributed by atoms with Crippen molar-refractivity contribution in [2.75, 3.05) is 0 Å². The average Bonchev–Trinajstić information content (AvgIpc) is 2.71. The summed E-state index contributed by atoms with van der Waals surface area (Å²) >= 11 is 0. The van der Waals surface area contributed by atoms with Gasteiger partial charge in [-0.05, 0) is 28.0 Å². The van der Waals surface area contributed by atoms with Gasteiger partial charge in [0.1, 0.15) is 4.43 Å². The number of rotatable bonds is 0. The Morgan fingerprint density at radius 1 is 0.607 bits per heavy atom. The van der Waals surface area contributed by atoms with E-state index in [4.69, 9.17) is 0 Å². The minimum atomic E-state index is -0.906. The van der Waals surface area contributed by atoms with Gasteiger partial charge in [0.2, 0.25) is 11.0 Å². The number of benzene rings is 2. The highest BCUT2D eigenvalue weighted by atomic mass is 16.5. The number of aromatic nitrogens is 6. The number of nitrogens with zero attached hydrogens (tertiary/aromatic N) is 6. The van der Waals surface area contributed by atoms with Crippen LogP contribution in [-0.2, 0) is 0 Å². The zero-order chi connectivity index (χ0) is 19.7. The van der Waals surface area contributed by atoms with E-state index in [0.29, 0.717) is 0 Å². The summed E-state index contributed by atoms with van der Waals surface area (Å²) in [5, 5.41) is 38.1. The molecule has 0 atom stereocenters. The normalized spacial score (nSPS) is 11.7. The summed E-state index contributed by atoms with van der Waals surface area (Å²) in [5.74, 6) is 0. The van der Waals surface area contributed by atoms with Gasteiger partial charge in [0.15, 0.2) is 11.0 Å². The van der Waals surface area contributed by atoms with Crippen LogP contribution >= 0.6 is 0 Å². The largest absolute Gasteiger partial charge is 0.741 e. The van der Waals surface area contributed by atoms with Crippen LogP contribution in [0.2, 0.25) is 0 Å². The van der Waals surface area contributed by atoms with Crippen molar-refractivity contribution in [1.29, 1.82) is 0 Å². The molecule has 12 nitrogen and oxygen atoms in total. The number of hydrogen-bond donors (Lipinski definition) is 0. The fourth-order valence-electron chi connectivity index (χ4n) is 3.33. The van der Waals surface area contributed by atoms with Crippen LogP contribution in [-0.4, -0.2) is 14.2 Å². The van der Waals surface area contributed by atoms with E-state index < -0.39 is 22.3 Å². The van der Waals surface area contributed by atoms with E-state index in [1.807, 2.05) is 0 Å². The predicted molar refractivity (Wildman–Crippen MR) is 94.6 cm³/mol. The minimum Gasteiger partial charge on any atom is -0.741 e. The van der Waals surface area contributed by atoms with Crippen molar-refractivity contribution >= 4 is 33.4 Å². The van der Waals surface area contributed by atoms with Crippen molar-refractivity contribution in [3.63, 3.8) is 0 Å². The van der Waals surface area contributed by atoms with Gasteiger partial charge in [-0.15, -0.1) is 0 Å². The molecular formula is C16H8N6O6. The van der Waals surface area contributed by atoms with Crippen molar-refractivity contribution < 1.29 is 13.3 Å². The van der Waals surface area contributed by atoms with Gasteiger partial charge in [-0.25, -0.2) is 0 Å². The highest BCUT2D eigenvalue weighted by molar-refractivity contribution is 5.78. The van der Waals surface area contributed by atoms with Crippen LogP contribution in [0, 0.1) is 41.3 Å². The second-order valence-corrected chi connectivity index (χ2v) is 6.04. The van der Waals surface area contributed by atoms with Gasteiger partial charge in [0.25, 0.3) is 0 Å². The quantitative estimate of drug-likeness (QED) is 0.346. The molecule has 3 aromatic rings. The molecule has 1 aromatic heterocycles. The van der Waals surface area contributed by atoms with Crippen molar-refractivity contribution in [3.05, 3.63) is 89.8 Å². The van der Waals surface area contributed by atoms with E-state index in [1.54, 1.807) is 0 Å². The van der Waals surface area contributed by atoms with E-state index in [1.165, 1.54) is 48.5 Å². The number of hydrogen-bond acceptors (Lipinski definition) is 6. The molecule has 3 heterocycles. The maximum Gasteiger partial charge on any atom is 0.512 e. The lowest BCUT2D eigenvalue weighted by molar-refractivity contribution is -0.605. The second-order valence-electron chi connectivity index (χ2n) is 6.04. The standard InChI is InChI=1S/C16H8N6O6/c23-17-9-5-1-2-6-10(9)18(24)14-13(17)21(27)15-16(22(14)28)20(26)12-8-4-3-7-11(12)19(15)25/h1-8H. The summed E-state index contributed by atoms with van der Waals surface area (Å²) in [4.78, 5) is 38.5. The van der Waals surface area contributed by atoms with Gasteiger partial charge in [-0.3, -0.25) is 9.46 Å². The molecule has 28 heavy (non-hydrogen) atoms. The monoisotopic (exact) mass is 380 g/mol. The highest BCUT2D eigenvalue weighted by Crippen LogP contribution is 2.15. The Kier molecular flexibility index (Phi) is 2.83. The first kappa shape index (κ1) is 15.7. The van der Waals surface area contributed by atoms with Crippen molar-refractivity contribution in [3.8, 4) is 0 Å². The van der Waals surface area contributed by atoms with Gasteiger partial charge in [-0.1, -0.05) is 29.2 Å². The molecule has 5 rings (SSSR count). The van der Waals surface area contributed by atoms with Crippen LogP contribution in [0.25, 0.3) is 33.4 Å². The predicted octanol–water partition coefficient (Wildman–Crippen LogP) is 0.0567. The van der Waals surface area contributed by atoms with E-state index in [9.17, 15) is 30.3 Å². The van der Waals surface area contributed by atoms with Crippen LogP contribution in [0.5, 0.6) is 0 Å². The average molecular weight is 380 g/mol. The molecule has 0 amide bonds. The first-order valence-corrected chi connectivity index (χ1v) is 7.93. The zero-order valence-corrected chi connectivity index (χ0v) is 13.8. The molecule has 0 spiro atoms. The molecule has 0 aliphatic carbocycles. The Labute approximate surface area is 151 Å². The molecule has 0 fully saturated rings. The summed E-state index contributed by atoms with van der Waals surface area (Å²) in [5.41, 5.74) is -4.34. The lowest BCUT2D eigenvalue weighted by Gasteiger charge is -2.11. The topological polar surface area (TPSA) is 153 Å². The van der Waals surface area contributed by atoms with Crippen LogP contribution in [0.3, 0.4) is 0 Å². The number of para-hydroxylation sites is 4. The molecule has 2 aliphatic heterocycles. The van der Waals surface area contributed by atoms with E-state index in [0.717, 1.165) is 0 Å².